The first-order chi connectivity index (χ1) is 12.7. The second-order valence-electron chi connectivity index (χ2n) is 8.22. The Morgan fingerprint density at radius 3 is 2.44 bits per heavy atom. The Morgan fingerprint density at radius 2 is 1.70 bits per heavy atom. The van der Waals surface area contributed by atoms with Crippen LogP contribution in [0.1, 0.15) is 61.7 Å². The van der Waals surface area contributed by atoms with E-state index in [2.05, 4.69) is 16.0 Å². The fourth-order valence-corrected chi connectivity index (χ4v) is 4.99. The minimum atomic E-state index is -0.253. The zero-order chi connectivity index (χ0) is 18.0. The molecule has 148 valence electrons. The average Bonchev–Trinajstić information content (AvgIpc) is 3.32. The lowest BCUT2D eigenvalue weighted by Gasteiger charge is -2.37. The number of fused-ring (bicyclic) bond motifs is 1. The first-order valence-corrected chi connectivity index (χ1v) is 10.1. The normalized spacial score (nSPS) is 27.5. The third kappa shape index (κ3) is 4.14. The number of benzene rings is 1. The molecule has 1 saturated heterocycles. The molecule has 0 aromatic heterocycles. The maximum atomic E-state index is 13.0. The fourth-order valence-electron chi connectivity index (χ4n) is 4.99. The van der Waals surface area contributed by atoms with Crippen molar-refractivity contribution >= 4 is 29.9 Å². The summed E-state index contributed by atoms with van der Waals surface area (Å²) < 4.78 is 0. The molecule has 4 rings (SSSR count). The van der Waals surface area contributed by atoms with Gasteiger partial charge in [0.1, 0.15) is 0 Å². The Kier molecular flexibility index (Phi) is 6.43. The van der Waals surface area contributed by atoms with Gasteiger partial charge in [0.05, 0.1) is 5.41 Å². The summed E-state index contributed by atoms with van der Waals surface area (Å²) in [6.45, 7) is 1.74. The van der Waals surface area contributed by atoms with Crippen LogP contribution >= 0.6 is 12.4 Å². The Hall–Kier alpha value is -1.59. The Morgan fingerprint density at radius 1 is 1.00 bits per heavy atom. The van der Waals surface area contributed by atoms with Gasteiger partial charge in [-0.25, -0.2) is 0 Å². The van der Waals surface area contributed by atoms with Crippen LogP contribution in [0.3, 0.4) is 0 Å². The molecule has 2 aliphatic carbocycles. The van der Waals surface area contributed by atoms with E-state index in [0.29, 0.717) is 17.5 Å². The van der Waals surface area contributed by atoms with Gasteiger partial charge in [-0.15, -0.1) is 12.4 Å². The van der Waals surface area contributed by atoms with Gasteiger partial charge < -0.3 is 16.0 Å². The molecule has 2 atom stereocenters. The van der Waals surface area contributed by atoms with E-state index in [4.69, 9.17) is 0 Å². The standard InChI is InChI=1S/C21H29N3O2.ClH/c25-19(23-17-6-1-2-7-17)15-8-10-18(11-9-15)24-20(26)21-12-4-3-5-16(21)13-22-14-21;/h8-11,16-17,22H,1-7,12-14H2,(H,23,25)(H,24,26);1H/t16-,21+;/m0./s1. The molecule has 3 fully saturated rings. The van der Waals surface area contributed by atoms with Gasteiger partial charge in [-0.3, -0.25) is 9.59 Å². The summed E-state index contributed by atoms with van der Waals surface area (Å²) in [5, 5.41) is 9.62. The SMILES string of the molecule is Cl.O=C(NC1CCCC1)c1ccc(NC(=O)[C@@]23CCCC[C@H]2CNC3)cc1. The number of halogens is 1. The number of rotatable bonds is 4. The van der Waals surface area contributed by atoms with E-state index in [1.54, 1.807) is 0 Å². The number of anilines is 1. The summed E-state index contributed by atoms with van der Waals surface area (Å²) in [6.07, 6.45) is 9.03. The number of nitrogens with one attached hydrogen (secondary N) is 3. The molecule has 1 aromatic rings. The molecule has 5 nitrogen and oxygen atoms in total. The van der Waals surface area contributed by atoms with E-state index in [0.717, 1.165) is 50.9 Å². The molecule has 0 spiro atoms. The van der Waals surface area contributed by atoms with Gasteiger partial charge in [0.25, 0.3) is 5.91 Å². The van der Waals surface area contributed by atoms with Crippen LogP contribution in [0.4, 0.5) is 5.69 Å². The number of carbonyl (C=O) groups is 2. The van der Waals surface area contributed by atoms with Crippen molar-refractivity contribution < 1.29 is 9.59 Å². The highest BCUT2D eigenvalue weighted by molar-refractivity contribution is 5.98. The molecule has 0 unspecified atom stereocenters. The molecular weight excluding hydrogens is 362 g/mol. The zero-order valence-corrected chi connectivity index (χ0v) is 16.6. The summed E-state index contributed by atoms with van der Waals surface area (Å²) in [4.78, 5) is 25.3. The van der Waals surface area contributed by atoms with Gasteiger partial charge >= 0.3 is 0 Å². The highest BCUT2D eigenvalue weighted by Crippen LogP contribution is 2.44. The second kappa shape index (κ2) is 8.61. The van der Waals surface area contributed by atoms with E-state index >= 15 is 0 Å². The van der Waals surface area contributed by atoms with Crippen molar-refractivity contribution in [1.29, 1.82) is 0 Å². The largest absolute Gasteiger partial charge is 0.349 e. The monoisotopic (exact) mass is 391 g/mol. The molecule has 1 aliphatic heterocycles. The molecule has 1 aromatic carbocycles. The predicted octanol–water partition coefficient (Wildman–Crippen LogP) is 3.50. The lowest BCUT2D eigenvalue weighted by molar-refractivity contribution is -0.128. The van der Waals surface area contributed by atoms with Crippen molar-refractivity contribution in [3.8, 4) is 0 Å². The zero-order valence-electron chi connectivity index (χ0n) is 15.8. The quantitative estimate of drug-likeness (QED) is 0.735. The topological polar surface area (TPSA) is 70.2 Å². The molecule has 0 bridgehead atoms. The van der Waals surface area contributed by atoms with Crippen LogP contribution in [0.2, 0.25) is 0 Å². The Balaban J connectivity index is 0.00000210. The Labute approximate surface area is 167 Å². The van der Waals surface area contributed by atoms with Gasteiger partial charge in [-0.2, -0.15) is 0 Å². The van der Waals surface area contributed by atoms with Crippen molar-refractivity contribution in [2.45, 2.75) is 57.4 Å². The molecule has 3 aliphatic rings. The van der Waals surface area contributed by atoms with Crippen molar-refractivity contribution in [2.75, 3.05) is 18.4 Å². The van der Waals surface area contributed by atoms with E-state index in [9.17, 15) is 9.59 Å². The van der Waals surface area contributed by atoms with Gasteiger partial charge in [0.15, 0.2) is 0 Å². The number of hydrogen-bond donors (Lipinski definition) is 3. The number of carbonyl (C=O) groups excluding carboxylic acids is 2. The molecule has 2 saturated carbocycles. The maximum absolute atomic E-state index is 13.0. The summed E-state index contributed by atoms with van der Waals surface area (Å²) >= 11 is 0. The molecular formula is C21H30ClN3O2. The van der Waals surface area contributed by atoms with Gasteiger partial charge in [0.2, 0.25) is 5.91 Å². The van der Waals surface area contributed by atoms with Crippen LogP contribution in [0, 0.1) is 11.3 Å². The van der Waals surface area contributed by atoms with Crippen LogP contribution < -0.4 is 16.0 Å². The molecule has 3 N–H and O–H groups in total. The minimum absolute atomic E-state index is 0. The van der Waals surface area contributed by atoms with Crippen LogP contribution in [-0.2, 0) is 4.79 Å². The molecule has 27 heavy (non-hydrogen) atoms. The van der Waals surface area contributed by atoms with Crippen LogP contribution in [0.15, 0.2) is 24.3 Å². The van der Waals surface area contributed by atoms with Crippen LogP contribution in [0.25, 0.3) is 0 Å². The van der Waals surface area contributed by atoms with Crippen molar-refractivity contribution in [3.05, 3.63) is 29.8 Å². The van der Waals surface area contributed by atoms with Crippen LogP contribution in [-0.4, -0.2) is 30.9 Å². The first-order valence-electron chi connectivity index (χ1n) is 10.1. The smallest absolute Gasteiger partial charge is 0.251 e. The summed E-state index contributed by atoms with van der Waals surface area (Å²) in [5.41, 5.74) is 1.18. The lowest BCUT2D eigenvalue weighted by Crippen LogP contribution is -2.44. The highest BCUT2D eigenvalue weighted by Gasteiger charge is 2.49. The number of hydrogen-bond acceptors (Lipinski definition) is 3. The van der Waals surface area contributed by atoms with Crippen molar-refractivity contribution in [2.24, 2.45) is 11.3 Å². The van der Waals surface area contributed by atoms with Gasteiger partial charge in [-0.05, 0) is 62.4 Å². The van der Waals surface area contributed by atoms with E-state index in [1.165, 1.54) is 19.3 Å². The second-order valence-corrected chi connectivity index (χ2v) is 8.22. The summed E-state index contributed by atoms with van der Waals surface area (Å²) in [7, 11) is 0. The van der Waals surface area contributed by atoms with Crippen molar-refractivity contribution in [1.82, 2.24) is 10.6 Å². The maximum Gasteiger partial charge on any atom is 0.251 e. The number of amides is 2. The third-order valence-corrected chi connectivity index (χ3v) is 6.59. The van der Waals surface area contributed by atoms with Gasteiger partial charge in [0, 0.05) is 23.8 Å². The van der Waals surface area contributed by atoms with E-state index in [-0.39, 0.29) is 29.6 Å². The molecule has 2 amide bonds. The summed E-state index contributed by atoms with van der Waals surface area (Å²) in [5.74, 6) is 0.573. The van der Waals surface area contributed by atoms with E-state index in [1.807, 2.05) is 24.3 Å². The highest BCUT2D eigenvalue weighted by atomic mass is 35.5. The average molecular weight is 392 g/mol. The molecule has 6 heteroatoms. The predicted molar refractivity (Wildman–Crippen MR) is 109 cm³/mol. The third-order valence-electron chi connectivity index (χ3n) is 6.59. The fraction of sp³-hybridized carbons (Fsp3) is 0.619. The van der Waals surface area contributed by atoms with Crippen molar-refractivity contribution in [3.63, 3.8) is 0 Å². The van der Waals surface area contributed by atoms with Crippen LogP contribution in [0.5, 0.6) is 0 Å². The molecule has 1 heterocycles. The summed E-state index contributed by atoms with van der Waals surface area (Å²) in [6, 6.07) is 7.63. The minimum Gasteiger partial charge on any atom is -0.349 e. The first kappa shape index (κ1) is 20.2. The van der Waals surface area contributed by atoms with Gasteiger partial charge in [-0.1, -0.05) is 25.7 Å². The molecule has 0 radical (unpaired) electrons. The lowest BCUT2D eigenvalue weighted by atomic mass is 9.67. The Bertz CT molecular complexity index is 673. The van der Waals surface area contributed by atoms with E-state index < -0.39 is 0 Å².